The molecule has 3 nitrogen and oxygen atoms in total. The van der Waals surface area contributed by atoms with Gasteiger partial charge in [-0.25, -0.2) is 0 Å². The molecule has 0 amide bonds. The van der Waals surface area contributed by atoms with E-state index in [1.807, 2.05) is 19.1 Å². The minimum absolute atomic E-state index is 0. The molecule has 3 rings (SSSR count). The van der Waals surface area contributed by atoms with Gasteiger partial charge in [0.1, 0.15) is 5.78 Å². The molecule has 0 aromatic rings. The molecule has 0 spiro atoms. The van der Waals surface area contributed by atoms with Crippen LogP contribution in [0.15, 0.2) is 55.2 Å². The van der Waals surface area contributed by atoms with Crippen molar-refractivity contribution in [1.82, 2.24) is 0 Å². The molecule has 0 aromatic heterocycles. The van der Waals surface area contributed by atoms with E-state index in [9.17, 15) is 18.8 Å². The fraction of sp³-hybridized carbons (Fsp3) is 0.618. The minimum atomic E-state index is -1.15. The normalized spacial score (nSPS) is 17.5. The van der Waals surface area contributed by atoms with Crippen LogP contribution in [0.2, 0.25) is 50.4 Å². The van der Waals surface area contributed by atoms with Gasteiger partial charge in [-0.05, 0) is 68.2 Å². The summed E-state index contributed by atoms with van der Waals surface area (Å²) in [5.41, 5.74) is 3.67. The third kappa shape index (κ3) is 56.4. The van der Waals surface area contributed by atoms with Gasteiger partial charge in [0, 0.05) is 224 Å². The third-order valence-corrected chi connectivity index (χ3v) is 51.7. The van der Waals surface area contributed by atoms with Crippen molar-refractivity contribution in [2.45, 2.75) is 116 Å². The SMILES string of the molecule is C=C(C)[C@@H]1CC(=O)C[C@@H]([Si](C)(C)C)C1.C=C(C)[C@H]1CC=CC(=O)C1.C=[C-]C.C[Si](C)(C)[C@H]1CC=CC(=O)C1.S=S=S=S=S=S=S=S=S=S=S=S=S=S=S=S=S=S=S=S.[2H]CF.[Br-].[Cl][Cu][Cl].[Mg+2]. The average Bonchev–Trinajstić information content (AvgIpc) is 3.21. The summed E-state index contributed by atoms with van der Waals surface area (Å²) in [4.78, 5) is 33.5. The fourth-order valence-corrected chi connectivity index (χ4v) is 52.3. The maximum atomic E-state index is 11.6. The van der Waals surface area contributed by atoms with Crippen LogP contribution in [0.1, 0.15) is 67.1 Å². The Kier molecular flexibility index (Phi) is 68.5. The van der Waals surface area contributed by atoms with Gasteiger partial charge in [-0.2, -0.15) is 6.92 Å². The van der Waals surface area contributed by atoms with E-state index in [-0.39, 0.29) is 45.8 Å². The summed E-state index contributed by atoms with van der Waals surface area (Å²) in [6, 6.07) is 0. The summed E-state index contributed by atoms with van der Waals surface area (Å²) in [5.74, 6) is 1.88. The van der Waals surface area contributed by atoms with E-state index in [0.29, 0.717) is 40.9 Å². The fourth-order valence-electron chi connectivity index (χ4n) is 4.91. The van der Waals surface area contributed by atoms with Crippen molar-refractivity contribution < 1.29 is 50.3 Å². The van der Waals surface area contributed by atoms with E-state index < -0.39 is 23.3 Å². The first kappa shape index (κ1) is 78.7. The van der Waals surface area contributed by atoms with Crippen LogP contribution < -0.4 is 17.0 Å². The quantitative estimate of drug-likeness (QED) is 0.163. The third-order valence-electron chi connectivity index (χ3n) is 8.18. The molecule has 4 atom stereocenters. The number of carbonyl (C=O) groups excluding carboxylic acids is 3. The monoisotopic (exact) mass is 1470 g/mol. The second kappa shape index (κ2) is 56.5. The first-order valence-electron chi connectivity index (χ1n) is 18.4. The first-order valence-corrected chi connectivity index (χ1v) is 52.8. The zero-order chi connectivity index (χ0) is 49.8. The molecule has 31 heteroatoms. The number of carbonyl (C=O) groups is 3. The number of halogens is 4. The van der Waals surface area contributed by atoms with Gasteiger partial charge >= 0.3 is 56.4 Å². The molecule has 0 unspecified atom stereocenters. The molecule has 0 N–H and O–H groups in total. The van der Waals surface area contributed by atoms with Crippen LogP contribution in [0.4, 0.5) is 4.39 Å². The molecule has 65 heavy (non-hydrogen) atoms. The molecule has 1 fully saturated rings. The van der Waals surface area contributed by atoms with Crippen LogP contribution in [0.3, 0.4) is 0 Å². The predicted molar refractivity (Wildman–Crippen MR) is 343 cm³/mol. The van der Waals surface area contributed by atoms with Crippen LogP contribution in [0.5, 0.6) is 0 Å². The Morgan fingerprint density at radius 3 is 1.23 bits per heavy atom. The Morgan fingerprint density at radius 1 is 0.677 bits per heavy atom. The second-order valence-corrected chi connectivity index (χ2v) is 59.1. The number of ketones is 3. The molecule has 1 saturated carbocycles. The smallest absolute Gasteiger partial charge is 2.00 e. The Balaban J connectivity index is -0.000000173. The van der Waals surface area contributed by atoms with E-state index in [1.54, 1.807) is 161 Å². The van der Waals surface area contributed by atoms with Crippen LogP contribution >= 0.6 is 20.2 Å². The number of allylic oxidation sites excluding steroid dienone is 7. The molecule has 3 aliphatic rings. The molecular weight excluding hydrogens is 1410 g/mol. The van der Waals surface area contributed by atoms with Crippen LogP contribution in [0.25, 0.3) is 0 Å². The van der Waals surface area contributed by atoms with Crippen molar-refractivity contribution >= 4 is 259 Å². The molecule has 3 aliphatic carbocycles. The van der Waals surface area contributed by atoms with Gasteiger partial charge in [0.2, 0.25) is 0 Å². The number of hydrogen-bond donors (Lipinski definition) is 0. The molecule has 0 aliphatic heterocycles. The maximum absolute atomic E-state index is 11.6. The molecule has 381 valence electrons. The zero-order valence-electron chi connectivity index (χ0n) is 38.3. The average molecular weight is 1470 g/mol. The molecular formula is C34H58BrCl2CuFMgO3S20Si2. The van der Waals surface area contributed by atoms with Crippen molar-refractivity contribution in [2.24, 2.45) is 11.8 Å². The van der Waals surface area contributed by atoms with Gasteiger partial charge in [-0.1, -0.05) is 75.7 Å². The van der Waals surface area contributed by atoms with E-state index >= 15 is 0 Å². The van der Waals surface area contributed by atoms with Gasteiger partial charge in [0.25, 0.3) is 0 Å². The van der Waals surface area contributed by atoms with Crippen LogP contribution in [-0.2, 0) is 210 Å². The summed E-state index contributed by atoms with van der Waals surface area (Å²) in [5, 5.41) is 0. The number of Topliss-reactive ketones (excluding diaryl/α,β-unsaturated/α-hetero) is 1. The molecule has 0 bridgehead atoms. The van der Waals surface area contributed by atoms with E-state index in [2.05, 4.69) is 92.2 Å². The molecule has 0 aromatic carbocycles. The Morgan fingerprint density at radius 2 is 0.985 bits per heavy atom. The summed E-state index contributed by atoms with van der Waals surface area (Å²) in [6.07, 6.45) is 16.2. The summed E-state index contributed by atoms with van der Waals surface area (Å²) in [7, 11) is 36.9. The van der Waals surface area contributed by atoms with Crippen LogP contribution in [-0.4, -0.2) is 63.7 Å². The van der Waals surface area contributed by atoms with Gasteiger partial charge in [-0.3, -0.25) is 25.4 Å². The largest absolute Gasteiger partial charge is 2.00 e. The Labute approximate surface area is 496 Å². The first-order chi connectivity index (χ1) is 30.2. The molecule has 0 heterocycles. The number of rotatable bonds is 4. The summed E-state index contributed by atoms with van der Waals surface area (Å²) >= 11 is 10.3. The Bertz CT molecular complexity index is 2310. The van der Waals surface area contributed by atoms with Crippen LogP contribution in [0, 0.1) is 17.9 Å². The minimum Gasteiger partial charge on any atom is 2.00 e. The van der Waals surface area contributed by atoms with Gasteiger partial charge < -0.3 is 23.1 Å². The molecule has 0 saturated heterocycles. The van der Waals surface area contributed by atoms with E-state index in [1.165, 1.54) is 29.8 Å². The number of hydrogen-bond acceptors (Lipinski definition) is 5. The second-order valence-electron chi connectivity index (χ2n) is 14.6. The summed E-state index contributed by atoms with van der Waals surface area (Å²) in [6.45, 7) is 31.0. The van der Waals surface area contributed by atoms with Crippen molar-refractivity contribution in [2.75, 3.05) is 7.15 Å². The summed E-state index contributed by atoms with van der Waals surface area (Å²) < 4.78 is 15.5. The van der Waals surface area contributed by atoms with Crippen molar-refractivity contribution in [3.8, 4) is 0 Å². The van der Waals surface area contributed by atoms with Gasteiger partial charge in [-0.15, -0.1) is 0 Å². The van der Waals surface area contributed by atoms with Crippen molar-refractivity contribution in [1.29, 1.82) is 0 Å². The standard InChI is InChI=1S/C12H22OSi.C9H16OSi.C9H12O.C3H5.CH3F.BrH.2ClH.Cu.Mg.S20/c1-9(2)10-6-11(13)8-12(7-10)14(3,4)5;1-11(2,3)9-6-4-5-8(10)7-9;1-7(2)8-4-3-5-9(10)6-8;1-3-2;1-2;;;;;;1-3-5-7-9-11-13-15-17-19-20-18-16-14-12-10-8-6-4-2/h10,12H,1,6-8H2,2-5H3;4-5,9H,6-7H2,1-3H3;3,5,8H,1,4,6H2,2H3;1H2,2H3;1H3;3*1H;;;/q;;;-1;;;;;2*+2;/p-3/t10-,12+;9-;8-;;;;;;;;/m100......../s1/i;;;;1D;;;;;;. The van der Waals surface area contributed by atoms with E-state index in [0.717, 1.165) is 50.8 Å². The Hall–Kier alpha value is 4.82. The topological polar surface area (TPSA) is 51.2 Å². The number of alkyl halides is 1. The van der Waals surface area contributed by atoms with Crippen molar-refractivity contribution in [3.05, 3.63) is 61.3 Å². The maximum Gasteiger partial charge on any atom is 2.00 e. The van der Waals surface area contributed by atoms with Gasteiger partial charge in [0.15, 0.2) is 11.6 Å². The zero-order valence-corrected chi connectivity index (χ0v) is 61.1. The van der Waals surface area contributed by atoms with Gasteiger partial charge in [0.05, 0.1) is 8.52 Å². The van der Waals surface area contributed by atoms with Crippen molar-refractivity contribution in [3.63, 3.8) is 0 Å². The molecule has 0 radical (unpaired) electrons. The predicted octanol–water partition coefficient (Wildman–Crippen LogP) is 7.88. The van der Waals surface area contributed by atoms with E-state index in [4.69, 9.17) is 23.7 Å².